The van der Waals surface area contributed by atoms with Crippen molar-refractivity contribution < 1.29 is 14.6 Å². The van der Waals surface area contributed by atoms with Gasteiger partial charge in [0.05, 0.1) is 0 Å². The zero-order valence-corrected chi connectivity index (χ0v) is 12.2. The maximum absolute atomic E-state index is 11.1. The fourth-order valence-corrected chi connectivity index (χ4v) is 2.82. The minimum Gasteiger partial charge on any atom is -0.479 e. The maximum Gasteiger partial charge on any atom is 0.344 e. The average molecular weight is 277 g/mol. The second-order valence-corrected chi connectivity index (χ2v) is 5.33. The SMILES string of the molecule is CCCC(Oc1ccc2c(c1)CCCC2NC)C(=O)O. The standard InChI is InChI=1S/C16H23NO3/c1-3-5-15(16(18)19)20-12-8-9-13-11(10-12)6-4-7-14(13)17-2/h8-10,14-15,17H,3-7H2,1-2H3,(H,18,19). The highest BCUT2D eigenvalue weighted by Crippen LogP contribution is 2.32. The van der Waals surface area contributed by atoms with Gasteiger partial charge >= 0.3 is 5.97 Å². The molecule has 110 valence electrons. The van der Waals surface area contributed by atoms with E-state index in [1.165, 1.54) is 11.1 Å². The number of nitrogens with one attached hydrogen (secondary N) is 1. The number of rotatable bonds is 6. The predicted molar refractivity (Wildman–Crippen MR) is 78.1 cm³/mol. The van der Waals surface area contributed by atoms with E-state index in [0.717, 1.165) is 25.7 Å². The Labute approximate surface area is 120 Å². The molecule has 1 aliphatic carbocycles. The van der Waals surface area contributed by atoms with Crippen LogP contribution in [0.15, 0.2) is 18.2 Å². The van der Waals surface area contributed by atoms with Gasteiger partial charge in [-0.05, 0) is 56.0 Å². The summed E-state index contributed by atoms with van der Waals surface area (Å²) in [5.74, 6) is -0.223. The molecule has 2 unspecified atom stereocenters. The van der Waals surface area contributed by atoms with Crippen molar-refractivity contribution in [2.45, 2.75) is 51.2 Å². The minimum atomic E-state index is -0.891. The molecular formula is C16H23NO3. The lowest BCUT2D eigenvalue weighted by Gasteiger charge is -2.26. The number of hydrogen-bond acceptors (Lipinski definition) is 3. The van der Waals surface area contributed by atoms with Crippen LogP contribution in [0.4, 0.5) is 0 Å². The van der Waals surface area contributed by atoms with Gasteiger partial charge in [-0.1, -0.05) is 19.4 Å². The number of carbonyl (C=O) groups is 1. The van der Waals surface area contributed by atoms with Gasteiger partial charge in [-0.25, -0.2) is 4.79 Å². The smallest absolute Gasteiger partial charge is 0.344 e. The Kier molecular flexibility index (Phi) is 5.01. The van der Waals surface area contributed by atoms with Gasteiger partial charge in [0.1, 0.15) is 5.75 Å². The summed E-state index contributed by atoms with van der Waals surface area (Å²) in [6.07, 6.45) is 3.92. The first-order chi connectivity index (χ1) is 9.65. The Balaban J connectivity index is 2.16. The summed E-state index contributed by atoms with van der Waals surface area (Å²) in [6.45, 7) is 1.96. The number of ether oxygens (including phenoxy) is 1. The number of carboxylic acid groups (broad SMARTS) is 1. The fourth-order valence-electron chi connectivity index (χ4n) is 2.82. The number of fused-ring (bicyclic) bond motifs is 1. The number of hydrogen-bond donors (Lipinski definition) is 2. The quantitative estimate of drug-likeness (QED) is 0.839. The molecule has 2 atom stereocenters. The van der Waals surface area contributed by atoms with Crippen LogP contribution in [0.3, 0.4) is 0 Å². The lowest BCUT2D eigenvalue weighted by atomic mass is 9.87. The van der Waals surface area contributed by atoms with Gasteiger partial charge in [-0.15, -0.1) is 0 Å². The Hall–Kier alpha value is -1.55. The molecule has 0 amide bonds. The Morgan fingerprint density at radius 3 is 3.00 bits per heavy atom. The third-order valence-electron chi connectivity index (χ3n) is 3.88. The van der Waals surface area contributed by atoms with E-state index in [-0.39, 0.29) is 0 Å². The van der Waals surface area contributed by atoms with Crippen LogP contribution < -0.4 is 10.1 Å². The summed E-state index contributed by atoms with van der Waals surface area (Å²) in [4.78, 5) is 11.1. The molecule has 0 saturated carbocycles. The van der Waals surface area contributed by atoms with Crippen molar-refractivity contribution in [3.05, 3.63) is 29.3 Å². The van der Waals surface area contributed by atoms with Crippen LogP contribution >= 0.6 is 0 Å². The predicted octanol–water partition coefficient (Wildman–Crippen LogP) is 2.92. The third kappa shape index (κ3) is 3.31. The lowest BCUT2D eigenvalue weighted by molar-refractivity contribution is -0.145. The second kappa shape index (κ2) is 6.75. The van der Waals surface area contributed by atoms with Crippen molar-refractivity contribution >= 4 is 5.97 Å². The molecule has 1 aliphatic rings. The van der Waals surface area contributed by atoms with E-state index in [1.807, 2.05) is 26.1 Å². The van der Waals surface area contributed by atoms with Gasteiger partial charge in [-0.3, -0.25) is 0 Å². The third-order valence-corrected chi connectivity index (χ3v) is 3.88. The summed E-state index contributed by atoms with van der Waals surface area (Å²) >= 11 is 0. The highest BCUT2D eigenvalue weighted by atomic mass is 16.5. The van der Waals surface area contributed by atoms with Crippen molar-refractivity contribution in [2.24, 2.45) is 0 Å². The first kappa shape index (κ1) is 14.9. The van der Waals surface area contributed by atoms with Gasteiger partial charge in [0.15, 0.2) is 6.10 Å². The molecule has 0 heterocycles. The molecule has 0 spiro atoms. The molecule has 1 aromatic carbocycles. The average Bonchev–Trinajstić information content (AvgIpc) is 2.45. The van der Waals surface area contributed by atoms with Crippen LogP contribution in [0.25, 0.3) is 0 Å². The summed E-state index contributed by atoms with van der Waals surface area (Å²) in [7, 11) is 1.98. The van der Waals surface area contributed by atoms with Gasteiger partial charge in [-0.2, -0.15) is 0 Å². The van der Waals surface area contributed by atoms with Crippen LogP contribution in [0.5, 0.6) is 5.75 Å². The molecule has 2 N–H and O–H groups in total. The summed E-state index contributed by atoms with van der Waals surface area (Å²) < 4.78 is 5.63. The van der Waals surface area contributed by atoms with E-state index in [0.29, 0.717) is 18.2 Å². The molecule has 2 rings (SSSR count). The van der Waals surface area contributed by atoms with Gasteiger partial charge in [0, 0.05) is 6.04 Å². The van der Waals surface area contributed by atoms with E-state index < -0.39 is 12.1 Å². The summed E-state index contributed by atoms with van der Waals surface area (Å²) in [5, 5.41) is 12.5. The van der Waals surface area contributed by atoms with E-state index in [1.54, 1.807) is 0 Å². The molecule has 0 radical (unpaired) electrons. The van der Waals surface area contributed by atoms with Crippen LogP contribution in [-0.2, 0) is 11.2 Å². The molecule has 1 aromatic rings. The van der Waals surface area contributed by atoms with Crippen LogP contribution in [0, 0.1) is 0 Å². The highest BCUT2D eigenvalue weighted by molar-refractivity contribution is 5.72. The zero-order valence-electron chi connectivity index (χ0n) is 12.2. The normalized spacial score (nSPS) is 19.2. The molecular weight excluding hydrogens is 254 g/mol. The second-order valence-electron chi connectivity index (χ2n) is 5.33. The topological polar surface area (TPSA) is 58.6 Å². The number of aryl methyl sites for hydroxylation is 1. The summed E-state index contributed by atoms with van der Waals surface area (Å²) in [6, 6.07) is 6.36. The van der Waals surface area contributed by atoms with E-state index in [9.17, 15) is 4.79 Å². The molecule has 0 saturated heterocycles. The van der Waals surface area contributed by atoms with E-state index in [4.69, 9.17) is 9.84 Å². The molecule has 0 bridgehead atoms. The molecule has 4 heteroatoms. The molecule has 0 aliphatic heterocycles. The lowest BCUT2D eigenvalue weighted by Crippen LogP contribution is -2.27. The highest BCUT2D eigenvalue weighted by Gasteiger charge is 2.21. The van der Waals surface area contributed by atoms with Crippen molar-refractivity contribution in [3.8, 4) is 5.75 Å². The molecule has 20 heavy (non-hydrogen) atoms. The number of benzene rings is 1. The Morgan fingerprint density at radius 1 is 1.55 bits per heavy atom. The molecule has 0 aromatic heterocycles. The van der Waals surface area contributed by atoms with Gasteiger partial charge in [0.25, 0.3) is 0 Å². The zero-order chi connectivity index (χ0) is 14.5. The van der Waals surface area contributed by atoms with Crippen molar-refractivity contribution in [3.63, 3.8) is 0 Å². The van der Waals surface area contributed by atoms with E-state index >= 15 is 0 Å². The first-order valence-corrected chi connectivity index (χ1v) is 7.35. The monoisotopic (exact) mass is 277 g/mol. The summed E-state index contributed by atoms with van der Waals surface area (Å²) in [5.41, 5.74) is 2.59. The van der Waals surface area contributed by atoms with Crippen molar-refractivity contribution in [1.82, 2.24) is 5.32 Å². The molecule has 4 nitrogen and oxygen atoms in total. The van der Waals surface area contributed by atoms with Crippen LogP contribution in [0.1, 0.15) is 49.8 Å². The number of aliphatic carboxylic acids is 1. The first-order valence-electron chi connectivity index (χ1n) is 7.35. The minimum absolute atomic E-state index is 0.402. The Bertz CT molecular complexity index is 473. The van der Waals surface area contributed by atoms with Crippen LogP contribution in [0.2, 0.25) is 0 Å². The maximum atomic E-state index is 11.1. The van der Waals surface area contributed by atoms with Gasteiger partial charge in [0.2, 0.25) is 0 Å². The fraction of sp³-hybridized carbons (Fsp3) is 0.562. The van der Waals surface area contributed by atoms with Crippen molar-refractivity contribution in [1.29, 1.82) is 0 Å². The van der Waals surface area contributed by atoms with Crippen molar-refractivity contribution in [2.75, 3.05) is 7.05 Å². The Morgan fingerprint density at radius 2 is 2.35 bits per heavy atom. The number of carboxylic acids is 1. The largest absolute Gasteiger partial charge is 0.479 e. The van der Waals surface area contributed by atoms with Crippen LogP contribution in [-0.4, -0.2) is 24.2 Å². The molecule has 0 fully saturated rings. The van der Waals surface area contributed by atoms with E-state index in [2.05, 4.69) is 11.4 Å². The van der Waals surface area contributed by atoms with Gasteiger partial charge < -0.3 is 15.2 Å².